The average molecular weight is 286 g/mol. The number of aryl methyl sites for hydroxylation is 1. The monoisotopic (exact) mass is 286 g/mol. The summed E-state index contributed by atoms with van der Waals surface area (Å²) in [5.41, 5.74) is 0.268. The van der Waals surface area contributed by atoms with Crippen LogP contribution in [0.5, 0.6) is 0 Å². The first-order valence-corrected chi connectivity index (χ1v) is 7.10. The summed E-state index contributed by atoms with van der Waals surface area (Å²) in [4.78, 5) is 0. The first-order chi connectivity index (χ1) is 9.24. The summed E-state index contributed by atoms with van der Waals surface area (Å²) in [6, 6.07) is 3.63. The molecular formula is C16H21F3O. The third-order valence-electron chi connectivity index (χ3n) is 4.55. The van der Waals surface area contributed by atoms with Gasteiger partial charge in [0.05, 0.1) is 11.7 Å². The quantitative estimate of drug-likeness (QED) is 0.809. The molecule has 1 unspecified atom stereocenters. The fourth-order valence-electron chi connectivity index (χ4n) is 3.17. The molecule has 0 spiro atoms. The topological polar surface area (TPSA) is 20.2 Å². The number of benzene rings is 1. The van der Waals surface area contributed by atoms with Gasteiger partial charge >= 0.3 is 6.18 Å². The van der Waals surface area contributed by atoms with Crippen molar-refractivity contribution in [3.8, 4) is 0 Å². The molecule has 1 aromatic carbocycles. The van der Waals surface area contributed by atoms with E-state index in [-0.39, 0.29) is 5.41 Å². The van der Waals surface area contributed by atoms with Crippen LogP contribution in [0.4, 0.5) is 13.2 Å². The second kappa shape index (κ2) is 5.40. The molecule has 1 saturated carbocycles. The summed E-state index contributed by atoms with van der Waals surface area (Å²) in [5.74, 6) is 0. The number of hydrogen-bond acceptors (Lipinski definition) is 1. The highest BCUT2D eigenvalue weighted by atomic mass is 19.4. The number of alkyl halides is 3. The van der Waals surface area contributed by atoms with Crippen molar-refractivity contribution in [2.45, 2.75) is 58.2 Å². The third kappa shape index (κ3) is 3.00. The smallest absolute Gasteiger partial charge is 0.388 e. The molecule has 1 aliphatic rings. The molecule has 0 bridgehead atoms. The Hall–Kier alpha value is -1.03. The summed E-state index contributed by atoms with van der Waals surface area (Å²) in [6.07, 6.45) is 0.159. The van der Waals surface area contributed by atoms with Gasteiger partial charge in [0.1, 0.15) is 0 Å². The minimum Gasteiger partial charge on any atom is -0.388 e. The lowest BCUT2D eigenvalue weighted by Gasteiger charge is -2.38. The van der Waals surface area contributed by atoms with Gasteiger partial charge in [-0.3, -0.25) is 0 Å². The van der Waals surface area contributed by atoms with E-state index in [0.29, 0.717) is 11.1 Å². The Morgan fingerprint density at radius 2 is 1.75 bits per heavy atom. The SMILES string of the molecule is Cc1cc(C(F)(F)F)ccc1C(O)C1(C)CCCCC1. The van der Waals surface area contributed by atoms with Crippen molar-refractivity contribution in [1.82, 2.24) is 0 Å². The average Bonchev–Trinajstić information content (AvgIpc) is 2.37. The van der Waals surface area contributed by atoms with Crippen molar-refractivity contribution in [2.24, 2.45) is 5.41 Å². The molecule has 0 heterocycles. The lowest BCUT2D eigenvalue weighted by atomic mass is 9.69. The number of halogens is 3. The van der Waals surface area contributed by atoms with Crippen LogP contribution in [-0.4, -0.2) is 5.11 Å². The molecular weight excluding hydrogens is 265 g/mol. The highest BCUT2D eigenvalue weighted by Crippen LogP contribution is 2.46. The molecule has 1 nitrogen and oxygen atoms in total. The summed E-state index contributed by atoms with van der Waals surface area (Å²) < 4.78 is 38.0. The molecule has 0 aromatic heterocycles. The first kappa shape index (κ1) is 15.4. The molecule has 0 aliphatic heterocycles. The van der Waals surface area contributed by atoms with Crippen LogP contribution in [-0.2, 0) is 6.18 Å². The van der Waals surface area contributed by atoms with E-state index in [2.05, 4.69) is 0 Å². The Morgan fingerprint density at radius 1 is 1.15 bits per heavy atom. The van der Waals surface area contributed by atoms with Gasteiger partial charge in [-0.15, -0.1) is 0 Å². The van der Waals surface area contributed by atoms with Crippen LogP contribution >= 0.6 is 0 Å². The van der Waals surface area contributed by atoms with Gasteiger partial charge in [0.15, 0.2) is 0 Å². The van der Waals surface area contributed by atoms with Crippen LogP contribution in [0.2, 0.25) is 0 Å². The number of rotatable bonds is 2. The van der Waals surface area contributed by atoms with Gasteiger partial charge in [0, 0.05) is 0 Å². The maximum Gasteiger partial charge on any atom is 0.416 e. The molecule has 1 aromatic rings. The molecule has 1 aliphatic carbocycles. The maximum atomic E-state index is 12.7. The van der Waals surface area contributed by atoms with Crippen molar-refractivity contribution in [2.75, 3.05) is 0 Å². The van der Waals surface area contributed by atoms with E-state index in [4.69, 9.17) is 0 Å². The Morgan fingerprint density at radius 3 is 2.25 bits per heavy atom. The highest BCUT2D eigenvalue weighted by Gasteiger charge is 2.37. The van der Waals surface area contributed by atoms with Crippen LogP contribution in [0.1, 0.15) is 61.8 Å². The molecule has 0 radical (unpaired) electrons. The van der Waals surface area contributed by atoms with E-state index in [1.54, 1.807) is 6.92 Å². The summed E-state index contributed by atoms with van der Waals surface area (Å²) in [7, 11) is 0. The van der Waals surface area contributed by atoms with Gasteiger partial charge in [-0.2, -0.15) is 13.2 Å². The molecule has 4 heteroatoms. The maximum absolute atomic E-state index is 12.7. The van der Waals surface area contributed by atoms with Crippen LogP contribution < -0.4 is 0 Å². The fourth-order valence-corrected chi connectivity index (χ4v) is 3.17. The van der Waals surface area contributed by atoms with E-state index >= 15 is 0 Å². The van der Waals surface area contributed by atoms with E-state index in [9.17, 15) is 18.3 Å². The lowest BCUT2D eigenvalue weighted by Crippen LogP contribution is -2.28. The Labute approximate surface area is 117 Å². The zero-order chi connectivity index (χ0) is 15.0. The minimum absolute atomic E-state index is 0.219. The van der Waals surface area contributed by atoms with Crippen molar-refractivity contribution in [3.63, 3.8) is 0 Å². The largest absolute Gasteiger partial charge is 0.416 e. The summed E-state index contributed by atoms with van der Waals surface area (Å²) in [6.45, 7) is 3.67. The first-order valence-electron chi connectivity index (χ1n) is 7.10. The van der Waals surface area contributed by atoms with Gasteiger partial charge < -0.3 is 5.11 Å². The Bertz CT molecular complexity index is 473. The predicted molar refractivity (Wildman–Crippen MR) is 72.3 cm³/mol. The number of aliphatic hydroxyl groups is 1. The van der Waals surface area contributed by atoms with Gasteiger partial charge in [-0.1, -0.05) is 32.3 Å². The van der Waals surface area contributed by atoms with Gasteiger partial charge in [0.25, 0.3) is 0 Å². The van der Waals surface area contributed by atoms with Gasteiger partial charge in [0.2, 0.25) is 0 Å². The van der Waals surface area contributed by atoms with E-state index in [0.717, 1.165) is 37.8 Å². The van der Waals surface area contributed by atoms with E-state index in [1.165, 1.54) is 12.5 Å². The molecule has 0 amide bonds. The van der Waals surface area contributed by atoms with Crippen molar-refractivity contribution >= 4 is 0 Å². The normalized spacial score (nSPS) is 20.7. The van der Waals surface area contributed by atoms with Crippen LogP contribution in [0.15, 0.2) is 18.2 Å². The van der Waals surface area contributed by atoms with E-state index < -0.39 is 17.8 Å². The molecule has 1 N–H and O–H groups in total. The summed E-state index contributed by atoms with van der Waals surface area (Å²) >= 11 is 0. The highest BCUT2D eigenvalue weighted by molar-refractivity contribution is 5.34. The van der Waals surface area contributed by atoms with Crippen LogP contribution in [0, 0.1) is 12.3 Å². The number of hydrogen-bond donors (Lipinski definition) is 1. The van der Waals surface area contributed by atoms with Gasteiger partial charge in [-0.05, 0) is 48.4 Å². The third-order valence-corrected chi connectivity index (χ3v) is 4.55. The molecule has 2 rings (SSSR count). The van der Waals surface area contributed by atoms with Crippen molar-refractivity contribution in [1.29, 1.82) is 0 Å². The fraction of sp³-hybridized carbons (Fsp3) is 0.625. The summed E-state index contributed by atoms with van der Waals surface area (Å²) in [5, 5.41) is 10.6. The molecule has 1 atom stereocenters. The van der Waals surface area contributed by atoms with Gasteiger partial charge in [-0.25, -0.2) is 0 Å². The second-order valence-corrected chi connectivity index (χ2v) is 6.19. The predicted octanol–water partition coefficient (Wildman–Crippen LogP) is 5.02. The molecule has 0 saturated heterocycles. The van der Waals surface area contributed by atoms with Crippen LogP contribution in [0.25, 0.3) is 0 Å². The standard InChI is InChI=1S/C16H21F3O/c1-11-10-12(16(17,18)19)6-7-13(11)14(20)15(2)8-4-3-5-9-15/h6-7,10,14,20H,3-5,8-9H2,1-2H3. The molecule has 20 heavy (non-hydrogen) atoms. The zero-order valence-electron chi connectivity index (χ0n) is 11.9. The van der Waals surface area contributed by atoms with Crippen molar-refractivity contribution < 1.29 is 18.3 Å². The lowest BCUT2D eigenvalue weighted by molar-refractivity contribution is -0.137. The molecule has 1 fully saturated rings. The number of aliphatic hydroxyl groups excluding tert-OH is 1. The zero-order valence-corrected chi connectivity index (χ0v) is 11.9. The Balaban J connectivity index is 2.28. The van der Waals surface area contributed by atoms with E-state index in [1.807, 2.05) is 6.92 Å². The minimum atomic E-state index is -4.33. The molecule has 112 valence electrons. The van der Waals surface area contributed by atoms with Crippen molar-refractivity contribution in [3.05, 3.63) is 34.9 Å². The van der Waals surface area contributed by atoms with Crippen LogP contribution in [0.3, 0.4) is 0 Å². The second-order valence-electron chi connectivity index (χ2n) is 6.19. The Kier molecular flexibility index (Phi) is 4.14.